The van der Waals surface area contributed by atoms with Gasteiger partial charge in [0.2, 0.25) is 0 Å². The van der Waals surface area contributed by atoms with Gasteiger partial charge in [0.1, 0.15) is 10.5 Å². The fourth-order valence-electron chi connectivity index (χ4n) is 2.40. The summed E-state index contributed by atoms with van der Waals surface area (Å²) in [6, 6.07) is 1.94. The molecule has 0 bridgehead atoms. The van der Waals surface area contributed by atoms with Gasteiger partial charge in [-0.15, -0.1) is 0 Å². The molecule has 4 heteroatoms. The molecule has 2 heterocycles. The van der Waals surface area contributed by atoms with E-state index in [1.807, 2.05) is 6.07 Å². The highest BCUT2D eigenvalue weighted by atomic mass is 32.1. The predicted molar refractivity (Wildman–Crippen MR) is 64.6 cm³/mol. The van der Waals surface area contributed by atoms with Crippen molar-refractivity contribution in [2.24, 2.45) is 11.8 Å². The number of hydrogen-bond donors (Lipinski definition) is 1. The smallest absolute Gasteiger partial charge is 0.131 e. The number of anilines is 1. The van der Waals surface area contributed by atoms with E-state index >= 15 is 0 Å². The Bertz CT molecular complexity index is 377. The van der Waals surface area contributed by atoms with E-state index in [4.69, 9.17) is 12.2 Å². The first-order chi connectivity index (χ1) is 7.15. The molecule has 3 nitrogen and oxygen atoms in total. The Labute approximate surface area is 95.5 Å². The maximum absolute atomic E-state index is 5.07. The molecule has 0 saturated carbocycles. The third kappa shape index (κ3) is 2.56. The zero-order valence-corrected chi connectivity index (χ0v) is 10.0. The zero-order chi connectivity index (χ0) is 10.8. The van der Waals surface area contributed by atoms with Gasteiger partial charge in [0.15, 0.2) is 0 Å². The molecule has 15 heavy (non-hydrogen) atoms. The van der Waals surface area contributed by atoms with Crippen molar-refractivity contribution in [3.05, 3.63) is 17.0 Å². The van der Waals surface area contributed by atoms with Crippen LogP contribution in [0.15, 0.2) is 12.4 Å². The van der Waals surface area contributed by atoms with Crippen molar-refractivity contribution in [2.75, 3.05) is 18.0 Å². The summed E-state index contributed by atoms with van der Waals surface area (Å²) in [5, 5.41) is 0. The molecule has 0 radical (unpaired) electrons. The second-order valence-corrected chi connectivity index (χ2v) is 5.04. The standard InChI is InChI=1S/C11H17N3S/c1-8-3-9(2)6-14(5-8)10-4-11(15)13-7-12-10/h4,7-9H,3,5-6H2,1-2H3,(H,12,13,15)/t8-,9-/m0/s1. The van der Waals surface area contributed by atoms with Gasteiger partial charge in [-0.1, -0.05) is 26.1 Å². The molecule has 1 N–H and O–H groups in total. The monoisotopic (exact) mass is 223 g/mol. The Morgan fingerprint density at radius 1 is 1.40 bits per heavy atom. The summed E-state index contributed by atoms with van der Waals surface area (Å²) in [5.74, 6) is 2.61. The van der Waals surface area contributed by atoms with Crippen molar-refractivity contribution in [3.8, 4) is 0 Å². The largest absolute Gasteiger partial charge is 0.358 e. The summed E-state index contributed by atoms with van der Waals surface area (Å²) in [4.78, 5) is 9.54. The van der Waals surface area contributed by atoms with Crippen molar-refractivity contribution in [2.45, 2.75) is 20.3 Å². The predicted octanol–water partition coefficient (Wildman–Crippen LogP) is 2.62. The second-order valence-electron chi connectivity index (χ2n) is 4.62. The van der Waals surface area contributed by atoms with E-state index in [2.05, 4.69) is 28.7 Å². The van der Waals surface area contributed by atoms with E-state index < -0.39 is 0 Å². The Morgan fingerprint density at radius 2 is 2.07 bits per heavy atom. The van der Waals surface area contributed by atoms with Gasteiger partial charge in [0, 0.05) is 19.2 Å². The van der Waals surface area contributed by atoms with Gasteiger partial charge in [0.05, 0.1) is 6.33 Å². The van der Waals surface area contributed by atoms with E-state index in [1.54, 1.807) is 6.33 Å². The third-order valence-electron chi connectivity index (χ3n) is 2.87. The van der Waals surface area contributed by atoms with E-state index in [-0.39, 0.29) is 0 Å². The third-order valence-corrected chi connectivity index (χ3v) is 3.10. The minimum atomic E-state index is 0.662. The topological polar surface area (TPSA) is 31.9 Å². The second kappa shape index (κ2) is 4.31. The molecule has 2 rings (SSSR count). The lowest BCUT2D eigenvalue weighted by molar-refractivity contribution is 0.355. The van der Waals surface area contributed by atoms with Crippen LogP contribution in [0, 0.1) is 16.5 Å². The Balaban J connectivity index is 2.19. The molecule has 0 aromatic carbocycles. The fraction of sp³-hybridized carbons (Fsp3) is 0.636. The summed E-state index contributed by atoms with van der Waals surface area (Å²) < 4.78 is 0.662. The van der Waals surface area contributed by atoms with Gasteiger partial charge in [-0.2, -0.15) is 0 Å². The van der Waals surface area contributed by atoms with Crippen LogP contribution in [0.25, 0.3) is 0 Å². The molecule has 0 spiro atoms. The normalized spacial score (nSPS) is 26.7. The van der Waals surface area contributed by atoms with Crippen molar-refractivity contribution in [1.29, 1.82) is 0 Å². The van der Waals surface area contributed by atoms with Crippen LogP contribution >= 0.6 is 12.2 Å². The molecule has 0 unspecified atom stereocenters. The quantitative estimate of drug-likeness (QED) is 0.743. The average molecular weight is 223 g/mol. The van der Waals surface area contributed by atoms with Crippen LogP contribution in [0.2, 0.25) is 0 Å². The highest BCUT2D eigenvalue weighted by molar-refractivity contribution is 7.71. The first-order valence-electron chi connectivity index (χ1n) is 5.45. The lowest BCUT2D eigenvalue weighted by Crippen LogP contribution is -2.39. The van der Waals surface area contributed by atoms with Gasteiger partial charge in [-0.3, -0.25) is 0 Å². The van der Waals surface area contributed by atoms with Gasteiger partial charge in [-0.25, -0.2) is 4.98 Å². The summed E-state index contributed by atoms with van der Waals surface area (Å²) in [6.45, 7) is 6.83. The van der Waals surface area contributed by atoms with Crippen LogP contribution in [0.5, 0.6) is 0 Å². The van der Waals surface area contributed by atoms with Gasteiger partial charge < -0.3 is 9.88 Å². The molecule has 1 aliphatic heterocycles. The summed E-state index contributed by atoms with van der Waals surface area (Å²) in [6.07, 6.45) is 3.00. The molecule has 1 aromatic rings. The number of piperidine rings is 1. The summed E-state index contributed by atoms with van der Waals surface area (Å²) >= 11 is 5.07. The molecular formula is C11H17N3S. The molecule has 0 aliphatic carbocycles. The first kappa shape index (κ1) is 10.6. The molecule has 1 aliphatic rings. The number of nitrogens with zero attached hydrogens (tertiary/aromatic N) is 2. The molecule has 1 saturated heterocycles. The lowest BCUT2D eigenvalue weighted by atomic mass is 9.92. The van der Waals surface area contributed by atoms with E-state index in [0.717, 1.165) is 30.7 Å². The van der Waals surface area contributed by atoms with Gasteiger partial charge in [-0.05, 0) is 18.3 Å². The molecule has 1 aromatic heterocycles. The van der Waals surface area contributed by atoms with E-state index in [0.29, 0.717) is 4.64 Å². The van der Waals surface area contributed by atoms with E-state index in [9.17, 15) is 0 Å². The highest BCUT2D eigenvalue weighted by Crippen LogP contribution is 2.24. The minimum Gasteiger partial charge on any atom is -0.358 e. The van der Waals surface area contributed by atoms with Crippen molar-refractivity contribution in [3.63, 3.8) is 0 Å². The number of rotatable bonds is 1. The van der Waals surface area contributed by atoms with Crippen LogP contribution in [0.1, 0.15) is 20.3 Å². The van der Waals surface area contributed by atoms with Crippen LogP contribution in [-0.2, 0) is 0 Å². The maximum atomic E-state index is 5.07. The van der Waals surface area contributed by atoms with Crippen molar-refractivity contribution >= 4 is 18.0 Å². The molecular weight excluding hydrogens is 206 g/mol. The van der Waals surface area contributed by atoms with E-state index in [1.165, 1.54) is 6.42 Å². The average Bonchev–Trinajstić information content (AvgIpc) is 2.16. The highest BCUT2D eigenvalue weighted by Gasteiger charge is 2.22. The number of aromatic nitrogens is 2. The number of nitrogens with one attached hydrogen (secondary N) is 1. The fourth-order valence-corrected chi connectivity index (χ4v) is 2.56. The van der Waals surface area contributed by atoms with Gasteiger partial charge in [0.25, 0.3) is 0 Å². The SMILES string of the molecule is C[C@H]1C[C@H](C)CN(c2cc(=S)nc[nH]2)C1. The van der Waals surface area contributed by atoms with Crippen LogP contribution in [0.3, 0.4) is 0 Å². The Kier molecular flexibility index (Phi) is 3.05. The molecule has 1 fully saturated rings. The maximum Gasteiger partial charge on any atom is 0.131 e. The molecule has 2 atom stereocenters. The van der Waals surface area contributed by atoms with Crippen molar-refractivity contribution < 1.29 is 0 Å². The number of aromatic amines is 1. The van der Waals surface area contributed by atoms with Gasteiger partial charge >= 0.3 is 0 Å². The minimum absolute atomic E-state index is 0.662. The Hall–Kier alpha value is -0.900. The van der Waals surface area contributed by atoms with Crippen LogP contribution in [-0.4, -0.2) is 23.1 Å². The number of hydrogen-bond acceptors (Lipinski definition) is 3. The van der Waals surface area contributed by atoms with Crippen LogP contribution < -0.4 is 4.90 Å². The van der Waals surface area contributed by atoms with Crippen molar-refractivity contribution in [1.82, 2.24) is 9.97 Å². The Morgan fingerprint density at radius 3 is 2.67 bits per heavy atom. The zero-order valence-electron chi connectivity index (χ0n) is 9.23. The summed E-state index contributed by atoms with van der Waals surface area (Å²) in [7, 11) is 0. The number of H-pyrrole nitrogens is 1. The van der Waals surface area contributed by atoms with Crippen LogP contribution in [0.4, 0.5) is 5.82 Å². The first-order valence-corrected chi connectivity index (χ1v) is 5.85. The molecule has 0 amide bonds. The lowest BCUT2D eigenvalue weighted by Gasteiger charge is -2.36. The molecule has 82 valence electrons. The summed E-state index contributed by atoms with van der Waals surface area (Å²) in [5.41, 5.74) is 0.